The van der Waals surface area contributed by atoms with Crippen LogP contribution in [-0.4, -0.2) is 133 Å². The first-order valence-electron chi connectivity index (χ1n) is 30.3. The quantitative estimate of drug-likeness (QED) is 0.0603. The van der Waals surface area contributed by atoms with E-state index in [0.29, 0.717) is 12.1 Å². The minimum absolute atomic E-state index is 0.0429. The fourth-order valence-corrected chi connectivity index (χ4v) is 13.5. The highest BCUT2D eigenvalue weighted by Gasteiger charge is 2.43. The zero-order valence-electron chi connectivity index (χ0n) is 51.2. The molecular formula is C71H52O30. The Morgan fingerprint density at radius 3 is 0.980 bits per heavy atom. The Bertz CT molecular complexity index is 5520. The summed E-state index contributed by atoms with van der Waals surface area (Å²) in [6.07, 6.45) is -15.9. The zero-order chi connectivity index (χ0) is 72.0. The fraction of sp³-hybridized carbons (Fsp3) is 0.169. The van der Waals surface area contributed by atoms with Gasteiger partial charge in [0.05, 0.1) is 39.5 Å². The molecule has 0 aromatic heterocycles. The van der Waals surface area contributed by atoms with Crippen molar-refractivity contribution in [3.05, 3.63) is 189 Å². The molecule has 8 atom stereocenters. The largest absolute Gasteiger partial charge is 0.508 e. The number of hydrogen-bond acceptors (Lipinski definition) is 30. The summed E-state index contributed by atoms with van der Waals surface area (Å²) in [6.45, 7) is 0. The molecule has 0 fully saturated rings. The van der Waals surface area contributed by atoms with Gasteiger partial charge in [0.2, 0.25) is 16.3 Å². The third kappa shape index (κ3) is 10.9. The molecule has 30 nitrogen and oxygen atoms in total. The van der Waals surface area contributed by atoms with Gasteiger partial charge in [-0.1, -0.05) is 0 Å². The number of rotatable bonds is 8. The van der Waals surface area contributed by atoms with Crippen LogP contribution in [0.3, 0.4) is 0 Å². The molecule has 30 heteroatoms. The van der Waals surface area contributed by atoms with E-state index >= 15 is 4.79 Å². The number of fused-ring (bicyclic) bond motifs is 7. The van der Waals surface area contributed by atoms with E-state index in [2.05, 4.69) is 0 Å². The molecule has 516 valence electrons. The molecule has 10 aromatic rings. The molecule has 101 heavy (non-hydrogen) atoms. The predicted molar refractivity (Wildman–Crippen MR) is 343 cm³/mol. The lowest BCUT2D eigenvalue weighted by Crippen LogP contribution is -2.35. The summed E-state index contributed by atoms with van der Waals surface area (Å²) >= 11 is 0. The number of aromatic hydroxyl groups is 17. The monoisotopic (exact) mass is 1380 g/mol. The summed E-state index contributed by atoms with van der Waals surface area (Å²) in [4.78, 5) is 72.7. The average molecular weight is 1390 g/mol. The Balaban J connectivity index is 0.897. The number of phenolic OH excluding ortho intramolecular Hbond substituents is 14. The Kier molecular flexibility index (Phi) is 15.3. The minimum Gasteiger partial charge on any atom is -0.508 e. The van der Waals surface area contributed by atoms with Crippen molar-refractivity contribution in [3.8, 4) is 121 Å². The maximum atomic E-state index is 15.0. The van der Waals surface area contributed by atoms with Gasteiger partial charge in [0.1, 0.15) is 81.2 Å². The van der Waals surface area contributed by atoms with Gasteiger partial charge in [-0.2, -0.15) is 0 Å². The van der Waals surface area contributed by atoms with Crippen LogP contribution in [0.1, 0.15) is 89.6 Å². The van der Waals surface area contributed by atoms with Gasteiger partial charge in [-0.05, 0) is 70.8 Å². The third-order valence-electron chi connectivity index (χ3n) is 18.2. The highest BCUT2D eigenvalue weighted by atomic mass is 16.6. The molecule has 4 aliphatic heterocycles. The predicted octanol–water partition coefficient (Wildman–Crippen LogP) is 6.10. The average Bonchev–Trinajstić information content (AvgIpc) is 1.72. The molecular weight excluding hydrogens is 1330 g/mol. The molecule has 0 aliphatic carbocycles. The van der Waals surface area contributed by atoms with E-state index in [1.807, 2.05) is 0 Å². The Morgan fingerprint density at radius 2 is 0.614 bits per heavy atom. The number of aliphatic hydroxyl groups is 2. The van der Waals surface area contributed by atoms with Gasteiger partial charge in [0.15, 0.2) is 76.2 Å². The molecule has 0 radical (unpaired) electrons. The third-order valence-corrected chi connectivity index (χ3v) is 18.2. The van der Waals surface area contributed by atoms with Crippen molar-refractivity contribution in [2.24, 2.45) is 0 Å². The fourth-order valence-electron chi connectivity index (χ4n) is 13.5. The van der Waals surface area contributed by atoms with Crippen LogP contribution in [0.2, 0.25) is 0 Å². The van der Waals surface area contributed by atoms with Crippen molar-refractivity contribution in [2.45, 2.75) is 74.5 Å². The smallest absolute Gasteiger partial charge is 0.338 e. The topological polar surface area (TPSA) is 525 Å². The van der Waals surface area contributed by atoms with Crippen LogP contribution in [-0.2, 0) is 35.2 Å². The lowest BCUT2D eigenvalue weighted by atomic mass is 9.89. The number of esters is 2. The normalized spacial score (nSPS) is 19.6. The molecule has 10 aromatic carbocycles. The number of ether oxygens (including phenoxy) is 6. The van der Waals surface area contributed by atoms with Gasteiger partial charge in [-0.15, -0.1) is 0 Å². The lowest BCUT2D eigenvalue weighted by molar-refractivity contribution is -0.0193. The van der Waals surface area contributed by atoms with Gasteiger partial charge in [-0.3, -0.25) is 14.4 Å². The molecule has 19 N–H and O–H groups in total. The van der Waals surface area contributed by atoms with Crippen molar-refractivity contribution >= 4 is 44.3 Å². The van der Waals surface area contributed by atoms with Crippen LogP contribution >= 0.6 is 0 Å². The van der Waals surface area contributed by atoms with Crippen LogP contribution in [0.15, 0.2) is 118 Å². The summed E-state index contributed by atoms with van der Waals surface area (Å²) in [6, 6.07) is 15.5. The van der Waals surface area contributed by atoms with Crippen molar-refractivity contribution < 1.29 is 135 Å². The van der Waals surface area contributed by atoms with E-state index in [9.17, 15) is 116 Å². The number of carbonyl (C=O) groups is 2. The van der Waals surface area contributed by atoms with Crippen LogP contribution in [0, 0.1) is 0 Å². The molecule has 0 saturated heterocycles. The SMILES string of the molecule is O=C(O[C@@H]1Cc2c(O)cc(O)cc2O[C@@H]1c1cc(O)c(=O)c2c(O)c(O)cc([C@H]3Oc4cc(O)cc(O)c4C[C@H]3OC(=O)c3cc(O)c(=O)c4c(O)c(O)cc([C@H]5Oc6cc(O)cc(O)c6C[C@H]5O)c4c3)c2c1)c1cc(O)c(=O)c2c(O)c(O)cc([C@H]3Oc4cc(O)cc(O)c4C[C@H]3O)c2c1. The van der Waals surface area contributed by atoms with Gasteiger partial charge in [-0.25, -0.2) is 9.59 Å². The summed E-state index contributed by atoms with van der Waals surface area (Å²) in [5.41, 5.74) is -7.29. The molecule has 14 rings (SSSR count). The zero-order valence-corrected chi connectivity index (χ0v) is 51.2. The molecule has 0 spiro atoms. The van der Waals surface area contributed by atoms with Gasteiger partial charge in [0, 0.05) is 119 Å². The van der Waals surface area contributed by atoms with Crippen LogP contribution in [0.25, 0.3) is 32.3 Å². The first kappa shape index (κ1) is 65.0. The number of phenols is 14. The maximum absolute atomic E-state index is 15.0. The van der Waals surface area contributed by atoms with Crippen molar-refractivity contribution in [2.75, 3.05) is 0 Å². The van der Waals surface area contributed by atoms with E-state index in [-0.39, 0.29) is 69.2 Å². The van der Waals surface area contributed by atoms with E-state index < -0.39 is 242 Å². The van der Waals surface area contributed by atoms with Crippen molar-refractivity contribution in [3.63, 3.8) is 0 Å². The highest BCUT2D eigenvalue weighted by molar-refractivity contribution is 6.01. The minimum atomic E-state index is -1.92. The second kappa shape index (κ2) is 23.7. The molecule has 0 amide bonds. The summed E-state index contributed by atoms with van der Waals surface area (Å²) in [7, 11) is 0. The molecule has 4 aliphatic rings. The first-order valence-corrected chi connectivity index (χ1v) is 30.3. The first-order chi connectivity index (χ1) is 47.9. The van der Waals surface area contributed by atoms with Crippen LogP contribution in [0.4, 0.5) is 0 Å². The van der Waals surface area contributed by atoms with Gasteiger partial charge in [0.25, 0.3) is 0 Å². The second-order valence-corrected chi connectivity index (χ2v) is 24.5. The van der Waals surface area contributed by atoms with Crippen molar-refractivity contribution in [1.29, 1.82) is 0 Å². The maximum Gasteiger partial charge on any atom is 0.338 e. The lowest BCUT2D eigenvalue weighted by Gasteiger charge is -2.35. The van der Waals surface area contributed by atoms with E-state index in [0.717, 1.165) is 91.0 Å². The van der Waals surface area contributed by atoms with Crippen LogP contribution < -0.4 is 35.2 Å². The summed E-state index contributed by atoms with van der Waals surface area (Å²) in [5.74, 6) is -18.3. The standard InChI is InChI=1S/C71H52O30/c72-25-7-39(76)35-18-49(86)67(97-51(35)11-25)32-15-46(83)63(91)58-30(32)2-23(5-44(81)61(58)89)70(94)100-55-20-37-41(78)9-27(74)13-53(37)96-66(55)22-1-29-34(17-48(85)65(93)57(29)60(88)43(80)4-22)69-56(21-38-42(79)10-28(75)14-54(38)99-69)101-71(95)24-3-31-33(16-47(84)64(92)59(31)62(90)45(82)6-24)68-50(87)19-36-40(77)8-26(73)12-52(36)98-68/h1-17,49-50,55-56,66-69,72-79,83-87,91-93H,18-21H2,(H,80,88)(H,81,89)(H,82,90)/t49-,50-,55-,56-,66-,67-,68-,69-/m1/s1. The van der Waals surface area contributed by atoms with Gasteiger partial charge >= 0.3 is 11.9 Å². The molecule has 0 bridgehead atoms. The van der Waals surface area contributed by atoms with E-state index in [1.165, 1.54) is 0 Å². The molecule has 4 heterocycles. The summed E-state index contributed by atoms with van der Waals surface area (Å²) < 4.78 is 37.1. The number of benzene rings is 7. The van der Waals surface area contributed by atoms with Crippen LogP contribution in [0.5, 0.6) is 121 Å². The molecule has 0 unspecified atom stereocenters. The number of hydrogen-bond donors (Lipinski definition) is 19. The number of carbonyl (C=O) groups excluding carboxylic acids is 2. The van der Waals surface area contributed by atoms with Gasteiger partial charge < -0.3 is 125 Å². The highest BCUT2D eigenvalue weighted by Crippen LogP contribution is 2.52. The molecule has 0 saturated carbocycles. The summed E-state index contributed by atoms with van der Waals surface area (Å²) in [5, 5.41) is 207. The second-order valence-electron chi connectivity index (χ2n) is 24.5. The van der Waals surface area contributed by atoms with Crippen molar-refractivity contribution in [1.82, 2.24) is 0 Å². The Morgan fingerprint density at radius 1 is 0.317 bits per heavy atom. The Labute approximate surface area is 562 Å². The van der Waals surface area contributed by atoms with E-state index in [1.54, 1.807) is 0 Å². The Hall–Kier alpha value is -13.4. The van der Waals surface area contributed by atoms with E-state index in [4.69, 9.17) is 28.4 Å². The number of aliphatic hydroxyl groups excluding tert-OH is 2.